The maximum atomic E-state index is 10.9. The first-order valence-corrected chi connectivity index (χ1v) is 7.20. The van der Waals surface area contributed by atoms with Crippen LogP contribution in [-0.4, -0.2) is 28.6 Å². The first kappa shape index (κ1) is 14.8. The van der Waals surface area contributed by atoms with Crippen LogP contribution in [0.2, 0.25) is 0 Å². The van der Waals surface area contributed by atoms with Crippen molar-refractivity contribution in [1.29, 1.82) is 0 Å². The van der Waals surface area contributed by atoms with Gasteiger partial charge in [0.1, 0.15) is 0 Å². The molecule has 1 aliphatic rings. The summed E-state index contributed by atoms with van der Waals surface area (Å²) in [5.74, 6) is -0.820. The Balaban J connectivity index is 2.27. The van der Waals surface area contributed by atoms with Gasteiger partial charge in [-0.1, -0.05) is 0 Å². The van der Waals surface area contributed by atoms with Crippen molar-refractivity contribution in [3.63, 3.8) is 0 Å². The Morgan fingerprint density at radius 1 is 1.50 bits per heavy atom. The number of benzene rings is 1. The minimum absolute atomic E-state index is 0.0208. The first-order chi connectivity index (χ1) is 9.49. The number of carboxylic acids is 1. The summed E-state index contributed by atoms with van der Waals surface area (Å²) >= 11 is 3.35. The van der Waals surface area contributed by atoms with E-state index in [1.54, 1.807) is 6.07 Å². The predicted octanol–water partition coefficient (Wildman–Crippen LogP) is 3.19. The van der Waals surface area contributed by atoms with Crippen LogP contribution in [0.15, 0.2) is 22.7 Å². The molecular weight excluding hydrogens is 328 g/mol. The van der Waals surface area contributed by atoms with Crippen molar-refractivity contribution >= 4 is 33.3 Å². The van der Waals surface area contributed by atoms with E-state index >= 15 is 0 Å². The van der Waals surface area contributed by atoms with E-state index in [0.717, 1.165) is 31.5 Å². The molecule has 1 aromatic carbocycles. The molecule has 1 unspecified atom stereocenters. The third kappa shape index (κ3) is 3.27. The Bertz CT molecular complexity index is 535. The number of aliphatic carboxylic acids is 1. The fourth-order valence-corrected chi connectivity index (χ4v) is 3.17. The number of anilines is 1. The number of nitrogens with zero attached hydrogens (tertiary/aromatic N) is 2. The average Bonchev–Trinajstić information content (AvgIpc) is 2.39. The van der Waals surface area contributed by atoms with E-state index in [-0.39, 0.29) is 18.2 Å². The quantitative estimate of drug-likeness (QED) is 0.670. The molecule has 0 saturated carbocycles. The van der Waals surface area contributed by atoms with E-state index in [2.05, 4.69) is 15.9 Å². The summed E-state index contributed by atoms with van der Waals surface area (Å²) in [6.07, 6.45) is 2.93. The Morgan fingerprint density at radius 2 is 2.25 bits per heavy atom. The number of rotatable bonds is 4. The van der Waals surface area contributed by atoms with Crippen LogP contribution in [-0.2, 0) is 4.79 Å². The number of hydrogen-bond acceptors (Lipinski definition) is 4. The second-order valence-corrected chi connectivity index (χ2v) is 5.69. The summed E-state index contributed by atoms with van der Waals surface area (Å²) in [5.41, 5.74) is 0.842. The van der Waals surface area contributed by atoms with Crippen molar-refractivity contribution in [1.82, 2.24) is 0 Å². The van der Waals surface area contributed by atoms with Gasteiger partial charge >= 0.3 is 5.97 Å². The lowest BCUT2D eigenvalue weighted by atomic mass is 9.98. The standard InChI is InChI=1S/C13H15BrN2O4/c14-11-7-10(16(19)20)4-5-12(11)15-6-2-1-3-9(15)8-13(17)18/h4-5,7,9H,1-3,6,8H2,(H,17,18). The zero-order valence-corrected chi connectivity index (χ0v) is 12.4. The Kier molecular flexibility index (Phi) is 4.59. The molecule has 0 aliphatic carbocycles. The van der Waals surface area contributed by atoms with Crippen LogP contribution < -0.4 is 4.90 Å². The van der Waals surface area contributed by atoms with Crippen LogP contribution in [0, 0.1) is 10.1 Å². The zero-order chi connectivity index (χ0) is 14.7. The second kappa shape index (κ2) is 6.21. The van der Waals surface area contributed by atoms with Gasteiger partial charge in [0, 0.05) is 29.2 Å². The maximum absolute atomic E-state index is 10.9. The molecule has 0 aromatic heterocycles. The minimum Gasteiger partial charge on any atom is -0.481 e. The minimum atomic E-state index is -0.820. The fraction of sp³-hybridized carbons (Fsp3) is 0.462. The summed E-state index contributed by atoms with van der Waals surface area (Å²) in [5, 5.41) is 19.7. The van der Waals surface area contributed by atoms with Gasteiger partial charge in [0.2, 0.25) is 0 Å². The molecule has 7 heteroatoms. The number of nitro groups is 1. The van der Waals surface area contributed by atoms with Gasteiger partial charge in [0.05, 0.1) is 17.0 Å². The number of carboxylic acid groups (broad SMARTS) is 1. The van der Waals surface area contributed by atoms with E-state index in [1.807, 2.05) is 4.90 Å². The molecule has 0 radical (unpaired) electrons. The highest BCUT2D eigenvalue weighted by Gasteiger charge is 2.26. The van der Waals surface area contributed by atoms with Crippen molar-refractivity contribution in [2.24, 2.45) is 0 Å². The molecule has 1 fully saturated rings. The largest absolute Gasteiger partial charge is 0.481 e. The van der Waals surface area contributed by atoms with Crippen LogP contribution >= 0.6 is 15.9 Å². The summed E-state index contributed by atoms with van der Waals surface area (Å²) < 4.78 is 0.629. The highest BCUT2D eigenvalue weighted by molar-refractivity contribution is 9.10. The van der Waals surface area contributed by atoms with Crippen LogP contribution in [0.1, 0.15) is 25.7 Å². The lowest BCUT2D eigenvalue weighted by Gasteiger charge is -2.37. The summed E-state index contributed by atoms with van der Waals surface area (Å²) in [6, 6.07) is 4.54. The number of hydrogen-bond donors (Lipinski definition) is 1. The van der Waals surface area contributed by atoms with E-state index in [0.29, 0.717) is 4.47 Å². The number of halogens is 1. The molecule has 1 N–H and O–H groups in total. The molecule has 0 bridgehead atoms. The third-order valence-electron chi connectivity index (χ3n) is 3.49. The number of nitro benzene ring substituents is 1. The Hall–Kier alpha value is -1.63. The molecule has 20 heavy (non-hydrogen) atoms. The smallest absolute Gasteiger partial charge is 0.305 e. The van der Waals surface area contributed by atoms with Gasteiger partial charge in [0.15, 0.2) is 0 Å². The van der Waals surface area contributed by atoms with Crippen LogP contribution in [0.25, 0.3) is 0 Å². The lowest BCUT2D eigenvalue weighted by Crippen LogP contribution is -2.41. The number of carbonyl (C=O) groups is 1. The van der Waals surface area contributed by atoms with E-state index in [1.165, 1.54) is 12.1 Å². The van der Waals surface area contributed by atoms with Gasteiger partial charge in [-0.25, -0.2) is 0 Å². The van der Waals surface area contributed by atoms with Crippen molar-refractivity contribution in [3.05, 3.63) is 32.8 Å². The molecule has 1 aromatic rings. The molecule has 1 aliphatic heterocycles. The molecule has 108 valence electrons. The number of non-ortho nitro benzene ring substituents is 1. The fourth-order valence-electron chi connectivity index (χ4n) is 2.57. The van der Waals surface area contributed by atoms with Crippen LogP contribution in [0.4, 0.5) is 11.4 Å². The van der Waals surface area contributed by atoms with E-state index < -0.39 is 10.9 Å². The summed E-state index contributed by atoms with van der Waals surface area (Å²) in [4.78, 5) is 23.3. The Morgan fingerprint density at radius 3 is 2.85 bits per heavy atom. The predicted molar refractivity (Wildman–Crippen MR) is 78.0 cm³/mol. The van der Waals surface area contributed by atoms with Crippen molar-refractivity contribution in [2.45, 2.75) is 31.7 Å². The molecule has 2 rings (SSSR count). The highest BCUT2D eigenvalue weighted by atomic mass is 79.9. The topological polar surface area (TPSA) is 83.7 Å². The van der Waals surface area contributed by atoms with Crippen LogP contribution in [0.5, 0.6) is 0 Å². The van der Waals surface area contributed by atoms with Gasteiger partial charge in [-0.3, -0.25) is 14.9 Å². The zero-order valence-electron chi connectivity index (χ0n) is 10.8. The molecular formula is C13H15BrN2O4. The summed E-state index contributed by atoms with van der Waals surface area (Å²) in [7, 11) is 0. The second-order valence-electron chi connectivity index (χ2n) is 4.83. The molecule has 6 nitrogen and oxygen atoms in total. The molecule has 1 atom stereocenters. The molecule has 1 saturated heterocycles. The molecule has 0 amide bonds. The SMILES string of the molecule is O=C(O)CC1CCCCN1c1ccc([N+](=O)[O-])cc1Br. The van der Waals surface area contributed by atoms with Gasteiger partial charge in [-0.15, -0.1) is 0 Å². The first-order valence-electron chi connectivity index (χ1n) is 6.41. The molecule has 1 heterocycles. The van der Waals surface area contributed by atoms with Gasteiger partial charge in [-0.05, 0) is 41.3 Å². The highest BCUT2D eigenvalue weighted by Crippen LogP contribution is 2.34. The van der Waals surface area contributed by atoms with Gasteiger partial charge in [0.25, 0.3) is 5.69 Å². The maximum Gasteiger partial charge on any atom is 0.305 e. The van der Waals surface area contributed by atoms with E-state index in [9.17, 15) is 14.9 Å². The monoisotopic (exact) mass is 342 g/mol. The van der Waals surface area contributed by atoms with Crippen molar-refractivity contribution < 1.29 is 14.8 Å². The van der Waals surface area contributed by atoms with E-state index in [4.69, 9.17) is 5.11 Å². The Labute approximate surface area is 124 Å². The van der Waals surface area contributed by atoms with Crippen molar-refractivity contribution in [2.75, 3.05) is 11.4 Å². The van der Waals surface area contributed by atoms with Crippen LogP contribution in [0.3, 0.4) is 0 Å². The summed E-state index contributed by atoms with van der Waals surface area (Å²) in [6.45, 7) is 0.772. The number of piperidine rings is 1. The van der Waals surface area contributed by atoms with Gasteiger partial charge < -0.3 is 10.0 Å². The average molecular weight is 343 g/mol. The normalized spacial score (nSPS) is 18.9. The van der Waals surface area contributed by atoms with Gasteiger partial charge in [-0.2, -0.15) is 0 Å². The third-order valence-corrected chi connectivity index (χ3v) is 4.12. The lowest BCUT2D eigenvalue weighted by molar-refractivity contribution is -0.384. The van der Waals surface area contributed by atoms with Crippen molar-refractivity contribution in [3.8, 4) is 0 Å². The molecule has 0 spiro atoms.